The molecule has 42 heavy (non-hydrogen) atoms. The van der Waals surface area contributed by atoms with Crippen LogP contribution in [-0.4, -0.2) is 64.1 Å². The number of ether oxygens (including phenoxy) is 1. The molecule has 10 heteroatoms. The van der Waals surface area contributed by atoms with Gasteiger partial charge < -0.3 is 14.5 Å². The summed E-state index contributed by atoms with van der Waals surface area (Å²) in [5.74, 6) is 0.803. The number of carbonyl (C=O) groups excluding carboxylic acids is 1. The zero-order valence-electron chi connectivity index (χ0n) is 25.3. The van der Waals surface area contributed by atoms with E-state index in [1.165, 1.54) is 10.3 Å². The van der Waals surface area contributed by atoms with Crippen molar-refractivity contribution in [3.8, 4) is 11.1 Å². The number of hydrogen-bond acceptors (Lipinski definition) is 7. The van der Waals surface area contributed by atoms with Gasteiger partial charge >= 0.3 is 6.09 Å². The van der Waals surface area contributed by atoms with Gasteiger partial charge in [0.15, 0.2) is 5.65 Å². The van der Waals surface area contributed by atoms with E-state index in [1.807, 2.05) is 65.0 Å². The van der Waals surface area contributed by atoms with Crippen LogP contribution in [-0.2, 0) is 14.8 Å². The van der Waals surface area contributed by atoms with E-state index < -0.39 is 15.6 Å². The van der Waals surface area contributed by atoms with Crippen LogP contribution < -0.4 is 4.90 Å². The van der Waals surface area contributed by atoms with Crippen molar-refractivity contribution in [2.45, 2.75) is 71.0 Å². The van der Waals surface area contributed by atoms with Crippen LogP contribution in [0, 0.1) is 12.8 Å². The second kappa shape index (κ2) is 11.1. The maximum atomic E-state index is 14.0. The highest BCUT2D eigenvalue weighted by molar-refractivity contribution is 7.90. The number of fused-ring (bicyclic) bond motifs is 1. The summed E-state index contributed by atoms with van der Waals surface area (Å²) in [6.45, 7) is 14.7. The van der Waals surface area contributed by atoms with Crippen molar-refractivity contribution in [3.05, 3.63) is 72.7 Å². The summed E-state index contributed by atoms with van der Waals surface area (Å²) in [6, 6.07) is 16.2. The van der Waals surface area contributed by atoms with E-state index in [0.29, 0.717) is 29.9 Å². The molecule has 2 aromatic carbocycles. The molecule has 0 aliphatic carbocycles. The monoisotopic (exact) mass is 589 g/mol. The number of anilines is 1. The van der Waals surface area contributed by atoms with Gasteiger partial charge in [0.05, 0.1) is 16.3 Å². The fraction of sp³-hybridized carbons (Fsp3) is 0.406. The third kappa shape index (κ3) is 5.60. The number of rotatable bonds is 5. The van der Waals surface area contributed by atoms with Crippen LogP contribution in [0.1, 0.15) is 47.1 Å². The van der Waals surface area contributed by atoms with Gasteiger partial charge in [-0.15, -0.1) is 0 Å². The highest BCUT2D eigenvalue weighted by Crippen LogP contribution is 2.39. The summed E-state index contributed by atoms with van der Waals surface area (Å²) >= 11 is 0. The van der Waals surface area contributed by atoms with Crippen molar-refractivity contribution in [1.82, 2.24) is 18.8 Å². The van der Waals surface area contributed by atoms with Crippen molar-refractivity contribution in [2.75, 3.05) is 18.0 Å². The largest absolute Gasteiger partial charge is 0.444 e. The maximum Gasteiger partial charge on any atom is 0.410 e. The molecule has 1 saturated heterocycles. The highest BCUT2D eigenvalue weighted by atomic mass is 32.2. The van der Waals surface area contributed by atoms with Gasteiger partial charge in [-0.1, -0.05) is 61.9 Å². The zero-order valence-corrected chi connectivity index (χ0v) is 26.1. The molecule has 3 heterocycles. The number of benzene rings is 2. The molecule has 1 aliphatic heterocycles. The summed E-state index contributed by atoms with van der Waals surface area (Å²) in [6.07, 6.45) is 2.74. The van der Waals surface area contributed by atoms with E-state index in [2.05, 4.69) is 23.7 Å². The van der Waals surface area contributed by atoms with E-state index in [9.17, 15) is 13.2 Å². The Kier molecular flexibility index (Phi) is 7.78. The van der Waals surface area contributed by atoms with Crippen molar-refractivity contribution in [1.29, 1.82) is 0 Å². The molecule has 0 unspecified atom stereocenters. The van der Waals surface area contributed by atoms with Crippen LogP contribution in [0.3, 0.4) is 0 Å². The fourth-order valence-electron chi connectivity index (χ4n) is 5.47. The summed E-state index contributed by atoms with van der Waals surface area (Å²) in [5, 5.41) is 0.656. The lowest BCUT2D eigenvalue weighted by molar-refractivity contribution is 0.0108. The highest BCUT2D eigenvalue weighted by Gasteiger charge is 2.39. The van der Waals surface area contributed by atoms with Gasteiger partial charge in [-0.05, 0) is 58.2 Å². The average Bonchev–Trinajstić information content (AvgIpc) is 3.33. The minimum absolute atomic E-state index is 0.0903. The second-order valence-electron chi connectivity index (χ2n) is 12.4. The molecule has 2 atom stereocenters. The average molecular weight is 590 g/mol. The number of aryl methyl sites for hydroxylation is 1. The van der Waals surface area contributed by atoms with E-state index in [4.69, 9.17) is 9.72 Å². The molecule has 0 bridgehead atoms. The van der Waals surface area contributed by atoms with Gasteiger partial charge in [0.25, 0.3) is 10.0 Å². The molecule has 5 rings (SSSR count). The number of hydrogen-bond donors (Lipinski definition) is 0. The van der Waals surface area contributed by atoms with E-state index in [0.717, 1.165) is 16.7 Å². The van der Waals surface area contributed by atoms with Crippen molar-refractivity contribution in [3.63, 3.8) is 0 Å². The minimum atomic E-state index is -3.96. The predicted molar refractivity (Wildman–Crippen MR) is 165 cm³/mol. The Hall–Kier alpha value is -3.92. The molecule has 2 aromatic heterocycles. The van der Waals surface area contributed by atoms with Gasteiger partial charge in [-0.3, -0.25) is 0 Å². The van der Waals surface area contributed by atoms with Crippen LogP contribution in [0.15, 0.2) is 72.0 Å². The molecule has 0 spiro atoms. The van der Waals surface area contributed by atoms with E-state index in [-0.39, 0.29) is 29.0 Å². The number of carbonyl (C=O) groups is 1. The lowest BCUT2D eigenvalue weighted by Crippen LogP contribution is -2.61. The van der Waals surface area contributed by atoms with Gasteiger partial charge in [0, 0.05) is 30.9 Å². The Bertz CT molecular complexity index is 1690. The van der Waals surface area contributed by atoms with Crippen LogP contribution in [0.5, 0.6) is 0 Å². The normalized spacial score (nSPS) is 18.1. The van der Waals surface area contributed by atoms with Gasteiger partial charge in [0.2, 0.25) is 0 Å². The summed E-state index contributed by atoms with van der Waals surface area (Å²) < 4.78 is 35.0. The first-order valence-electron chi connectivity index (χ1n) is 14.3. The Morgan fingerprint density at radius 3 is 2.29 bits per heavy atom. The first-order valence-corrected chi connectivity index (χ1v) is 15.7. The Morgan fingerprint density at radius 1 is 1.00 bits per heavy atom. The summed E-state index contributed by atoms with van der Waals surface area (Å²) in [5.41, 5.74) is 2.26. The zero-order chi connectivity index (χ0) is 30.4. The molecule has 4 aromatic rings. The van der Waals surface area contributed by atoms with Crippen molar-refractivity contribution < 1.29 is 17.9 Å². The smallest absolute Gasteiger partial charge is 0.410 e. The lowest BCUT2D eigenvalue weighted by Gasteiger charge is -2.47. The molecule has 1 fully saturated rings. The summed E-state index contributed by atoms with van der Waals surface area (Å²) in [7, 11) is -3.96. The molecule has 0 saturated carbocycles. The SMILES string of the molecule is Cc1ccc(S(=O)(=O)n2cc(-c3ccccc3)c3c(N4C[C@@H](C)N(C(=O)OC(C)(C)C)C[C@@H]4C(C)C)ncnc32)cc1. The molecule has 0 N–H and O–H groups in total. The molecular weight excluding hydrogens is 550 g/mol. The van der Waals surface area contributed by atoms with E-state index >= 15 is 0 Å². The number of nitrogens with zero attached hydrogens (tertiary/aromatic N) is 5. The third-order valence-corrected chi connectivity index (χ3v) is 9.31. The Labute approximate surface area is 248 Å². The van der Waals surface area contributed by atoms with Crippen LogP contribution in [0.25, 0.3) is 22.2 Å². The molecule has 0 radical (unpaired) electrons. The third-order valence-electron chi connectivity index (χ3n) is 7.64. The second-order valence-corrected chi connectivity index (χ2v) is 14.2. The molecule has 222 valence electrons. The lowest BCUT2D eigenvalue weighted by atomic mass is 9.96. The quantitative estimate of drug-likeness (QED) is 0.277. The van der Waals surface area contributed by atoms with E-state index in [1.54, 1.807) is 35.4 Å². The van der Waals surface area contributed by atoms with Gasteiger partial charge in [-0.25, -0.2) is 27.2 Å². The first-order chi connectivity index (χ1) is 19.8. The van der Waals surface area contributed by atoms with Crippen molar-refractivity contribution in [2.24, 2.45) is 5.92 Å². The number of aromatic nitrogens is 3. The standard InChI is InChI=1S/C32H39N5O4S/c1-21(2)27-19-35(31(38)41-32(5,6)7)23(4)17-36(27)29-28-26(24-11-9-8-10-12-24)18-37(30(28)34-20-33-29)42(39,40)25-15-13-22(3)14-16-25/h8-16,18,20-21,23,27H,17,19H2,1-7H3/t23-,27-/m1/s1. The predicted octanol–water partition coefficient (Wildman–Crippen LogP) is 6.11. The van der Waals surface area contributed by atoms with Crippen LogP contribution in [0.2, 0.25) is 0 Å². The van der Waals surface area contributed by atoms with Gasteiger partial charge in [-0.2, -0.15) is 0 Å². The number of amides is 1. The molecular formula is C32H39N5O4S. The Morgan fingerprint density at radius 2 is 1.67 bits per heavy atom. The fourth-order valence-corrected chi connectivity index (χ4v) is 6.79. The van der Waals surface area contributed by atoms with Crippen molar-refractivity contribution >= 4 is 33.0 Å². The summed E-state index contributed by atoms with van der Waals surface area (Å²) in [4.78, 5) is 26.6. The van der Waals surface area contributed by atoms with Gasteiger partial charge in [0.1, 0.15) is 17.7 Å². The van der Waals surface area contributed by atoms with Crippen LogP contribution in [0.4, 0.5) is 10.6 Å². The van der Waals surface area contributed by atoms with Crippen LogP contribution >= 0.6 is 0 Å². The Balaban J connectivity index is 1.67. The molecule has 1 aliphatic rings. The maximum absolute atomic E-state index is 14.0. The molecule has 9 nitrogen and oxygen atoms in total. The topological polar surface area (TPSA) is 97.6 Å². The first kappa shape index (κ1) is 29.6. The minimum Gasteiger partial charge on any atom is -0.444 e. The number of piperazine rings is 1. The molecule has 1 amide bonds.